The Balaban J connectivity index is -0.000000267. The van der Waals surface area contributed by atoms with Crippen LogP contribution in [0.2, 0.25) is 0 Å². The lowest BCUT2D eigenvalue weighted by Crippen LogP contribution is -2.01. The minimum absolute atomic E-state index is 0. The number of rotatable bonds is 8. The van der Waals surface area contributed by atoms with Gasteiger partial charge in [0.05, 0.1) is 20.6 Å². The first-order valence-corrected chi connectivity index (χ1v) is 12.3. The van der Waals surface area contributed by atoms with Gasteiger partial charge in [-0.1, -0.05) is 24.3 Å². The maximum absolute atomic E-state index is 11.9. The molecule has 0 aliphatic heterocycles. The van der Waals surface area contributed by atoms with Crippen LogP contribution in [-0.2, 0) is 30.4 Å². The number of benzene rings is 2. The summed E-state index contributed by atoms with van der Waals surface area (Å²) in [4.78, 5) is 23.9. The van der Waals surface area contributed by atoms with Crippen molar-refractivity contribution in [1.82, 2.24) is 24.6 Å². The van der Waals surface area contributed by atoms with Gasteiger partial charge in [0, 0.05) is 0 Å². The van der Waals surface area contributed by atoms with Crippen molar-refractivity contribution < 1.29 is 64.3 Å². The lowest BCUT2D eigenvalue weighted by molar-refractivity contribution is -0.121. The average Bonchev–Trinajstić information content (AvgIpc) is 2.75. The third kappa shape index (κ3) is 26.0. The molecule has 2 aromatic carbocycles. The molecular weight excluding hydrogens is 596 g/mol. The molecule has 0 saturated heterocycles. The summed E-state index contributed by atoms with van der Waals surface area (Å²) in [6.07, 6.45) is 5.44. The highest BCUT2D eigenvalue weighted by Crippen LogP contribution is 2.27. The summed E-state index contributed by atoms with van der Waals surface area (Å²) in [5.41, 5.74) is 1.33. The highest BCUT2D eigenvalue weighted by atomic mass is 32.3. The van der Waals surface area contributed by atoms with Gasteiger partial charge >= 0.3 is 20.8 Å². The van der Waals surface area contributed by atoms with E-state index in [0.29, 0.717) is 22.6 Å². The van der Waals surface area contributed by atoms with Crippen molar-refractivity contribution in [2.24, 2.45) is 0 Å². The molecule has 18 N–H and O–H groups in total. The quantitative estimate of drug-likeness (QED) is 0.113. The predicted molar refractivity (Wildman–Crippen MR) is 150 cm³/mol. The van der Waals surface area contributed by atoms with Crippen molar-refractivity contribution >= 4 is 44.5 Å². The fourth-order valence-corrected chi connectivity index (χ4v) is 2.26. The number of carbonyl (C=O) groups is 2. The zero-order valence-corrected chi connectivity index (χ0v) is 23.7. The van der Waals surface area contributed by atoms with E-state index in [1.807, 2.05) is 0 Å². The first-order valence-electron chi connectivity index (χ1n) is 9.48. The van der Waals surface area contributed by atoms with Crippen molar-refractivity contribution in [2.45, 2.75) is 6.42 Å². The molecule has 236 valence electrons. The van der Waals surface area contributed by atoms with Crippen LogP contribution in [0.1, 0.15) is 17.5 Å². The molecule has 0 spiro atoms. The van der Waals surface area contributed by atoms with Gasteiger partial charge in [0.25, 0.3) is 0 Å². The second kappa shape index (κ2) is 21.8. The van der Waals surface area contributed by atoms with E-state index in [1.54, 1.807) is 36.4 Å². The van der Waals surface area contributed by atoms with Crippen LogP contribution in [0.15, 0.2) is 48.6 Å². The highest BCUT2D eigenvalue weighted by molar-refractivity contribution is 7.80. The molecule has 2 rings (SSSR count). The Morgan fingerprint density at radius 3 is 1.17 bits per heavy atom. The number of phenolic OH excluding ortho intramolecular Hbond substituents is 2. The molecule has 0 saturated carbocycles. The zero-order chi connectivity index (χ0) is 28.8. The standard InChI is InChI=1S/C21H20O6.4H3N.2H2O4S/c1-26-20-11-14(5-9-18(20)24)3-7-16(22)13-17(23)8-4-15-6-10-19(25)21(12-15)27-2;;;;;2*1-5(2,3)4/h3-12,24-25H,13H2,1-2H3;4*1H3;2*(H2,1,2,3,4)/b7-3+,8-4+;;;;;;. The van der Waals surface area contributed by atoms with Gasteiger partial charge in [0.2, 0.25) is 0 Å². The van der Waals surface area contributed by atoms with Crippen LogP contribution in [0.5, 0.6) is 23.0 Å². The van der Waals surface area contributed by atoms with Crippen LogP contribution in [0.3, 0.4) is 0 Å². The zero-order valence-electron chi connectivity index (χ0n) is 22.1. The Labute approximate surface area is 236 Å². The highest BCUT2D eigenvalue weighted by Gasteiger charge is 2.06. The van der Waals surface area contributed by atoms with Crippen LogP contribution in [0, 0.1) is 0 Å². The Kier molecular flexibility index (Phi) is 24.9. The Morgan fingerprint density at radius 1 is 0.659 bits per heavy atom. The van der Waals surface area contributed by atoms with Crippen molar-refractivity contribution in [3.05, 3.63) is 59.7 Å². The van der Waals surface area contributed by atoms with Gasteiger partial charge in [0.15, 0.2) is 34.6 Å². The number of hydrogen-bond donors (Lipinski definition) is 10. The maximum atomic E-state index is 11.9. The predicted octanol–water partition coefficient (Wildman–Crippen LogP) is 2.71. The van der Waals surface area contributed by atoms with Crippen molar-refractivity contribution in [3.8, 4) is 23.0 Å². The lowest BCUT2D eigenvalue weighted by Gasteiger charge is -2.03. The average molecular weight is 633 g/mol. The normalized spacial score (nSPS) is 10.1. The van der Waals surface area contributed by atoms with Crippen molar-refractivity contribution in [1.29, 1.82) is 0 Å². The summed E-state index contributed by atoms with van der Waals surface area (Å²) in [5, 5.41) is 19.1. The fourth-order valence-electron chi connectivity index (χ4n) is 2.26. The first-order chi connectivity index (χ1) is 16.9. The molecule has 0 unspecified atom stereocenters. The fraction of sp³-hybridized carbons (Fsp3) is 0.143. The minimum atomic E-state index is -4.67. The number of hydrogen-bond acceptors (Lipinski definition) is 14. The van der Waals surface area contributed by atoms with Gasteiger partial charge < -0.3 is 44.3 Å². The molecule has 0 atom stereocenters. The van der Waals surface area contributed by atoms with Gasteiger partial charge in [0.1, 0.15) is 0 Å². The third-order valence-corrected chi connectivity index (χ3v) is 3.68. The van der Waals surface area contributed by atoms with Crippen molar-refractivity contribution in [3.63, 3.8) is 0 Å². The van der Waals surface area contributed by atoms with Crippen molar-refractivity contribution in [2.75, 3.05) is 14.2 Å². The summed E-state index contributed by atoms with van der Waals surface area (Å²) in [7, 11) is -6.47. The number of methoxy groups -OCH3 is 2. The number of phenols is 2. The van der Waals surface area contributed by atoms with E-state index in [2.05, 4.69) is 0 Å². The van der Waals surface area contributed by atoms with E-state index in [1.165, 1.54) is 38.5 Å². The summed E-state index contributed by atoms with van der Waals surface area (Å²) >= 11 is 0. The lowest BCUT2D eigenvalue weighted by atomic mass is 10.1. The van der Waals surface area contributed by atoms with Crippen LogP contribution in [0.4, 0.5) is 0 Å². The maximum Gasteiger partial charge on any atom is 0.394 e. The SMILES string of the molecule is COc1cc(/C=C/C(=O)CC(=O)/C=C/c2ccc(O)c(OC)c2)ccc1O.N.N.N.N.O=S(=O)(O)O.O=S(=O)(O)O. The molecule has 41 heavy (non-hydrogen) atoms. The van der Waals surface area contributed by atoms with Crippen LogP contribution in [0.25, 0.3) is 12.2 Å². The largest absolute Gasteiger partial charge is 0.504 e. The summed E-state index contributed by atoms with van der Waals surface area (Å²) in [5.74, 6) is -0.0832. The first kappa shape index (κ1) is 46.9. The van der Waals surface area contributed by atoms with Gasteiger partial charge in [-0.25, -0.2) is 0 Å². The topological polar surface area (TPSA) is 382 Å². The number of ketones is 2. The Morgan fingerprint density at radius 2 is 0.927 bits per heavy atom. The molecule has 0 aromatic heterocycles. The molecule has 0 aliphatic carbocycles. The molecule has 0 fully saturated rings. The molecule has 0 bridgehead atoms. The van der Waals surface area contributed by atoms with Crippen LogP contribution in [-0.4, -0.2) is 71.0 Å². The van der Waals surface area contributed by atoms with E-state index < -0.39 is 20.8 Å². The van der Waals surface area contributed by atoms with E-state index in [0.717, 1.165) is 0 Å². The molecule has 18 nitrogen and oxygen atoms in total. The second-order valence-corrected chi connectivity index (χ2v) is 8.33. The summed E-state index contributed by atoms with van der Waals surface area (Å²) in [6, 6.07) is 9.34. The molecule has 20 heteroatoms. The van der Waals surface area contributed by atoms with E-state index in [4.69, 9.17) is 44.5 Å². The monoisotopic (exact) mass is 632 g/mol. The van der Waals surface area contributed by atoms with Crippen LogP contribution >= 0.6 is 0 Å². The Hall–Kier alpha value is -3.96. The third-order valence-electron chi connectivity index (χ3n) is 3.68. The molecule has 0 aliphatic rings. The number of aromatic hydroxyl groups is 2. The van der Waals surface area contributed by atoms with E-state index in [-0.39, 0.29) is 54.1 Å². The molecule has 0 radical (unpaired) electrons. The molecule has 0 heterocycles. The van der Waals surface area contributed by atoms with E-state index >= 15 is 0 Å². The number of ether oxygens (including phenoxy) is 2. The number of carbonyl (C=O) groups excluding carboxylic acids is 2. The Bertz CT molecular complexity index is 1240. The second-order valence-electron chi connectivity index (χ2n) is 6.53. The summed E-state index contributed by atoms with van der Waals surface area (Å²) < 4.78 is 73.2. The van der Waals surface area contributed by atoms with Crippen LogP contribution < -0.4 is 34.1 Å². The molecular formula is C21H36N4O14S2. The van der Waals surface area contributed by atoms with Gasteiger partial charge in [-0.2, -0.15) is 16.8 Å². The van der Waals surface area contributed by atoms with Gasteiger partial charge in [-0.3, -0.25) is 27.8 Å². The van der Waals surface area contributed by atoms with E-state index in [9.17, 15) is 19.8 Å². The van der Waals surface area contributed by atoms with Gasteiger partial charge in [-0.15, -0.1) is 0 Å². The number of allylic oxidation sites excluding steroid dienone is 2. The summed E-state index contributed by atoms with van der Waals surface area (Å²) in [6.45, 7) is 0. The smallest absolute Gasteiger partial charge is 0.394 e. The van der Waals surface area contributed by atoms with Gasteiger partial charge in [-0.05, 0) is 47.5 Å². The molecule has 2 aromatic rings. The molecule has 0 amide bonds. The minimum Gasteiger partial charge on any atom is -0.504 e.